The summed E-state index contributed by atoms with van der Waals surface area (Å²) in [5.41, 5.74) is 0.338. The Bertz CT molecular complexity index is 136. The van der Waals surface area contributed by atoms with Crippen molar-refractivity contribution in [1.82, 2.24) is 5.32 Å². The molecule has 0 unspecified atom stereocenters. The lowest BCUT2D eigenvalue weighted by Crippen LogP contribution is -2.23. The van der Waals surface area contributed by atoms with Gasteiger partial charge in [0.2, 0.25) is 0 Å². The second-order valence-corrected chi connectivity index (χ2v) is 4.29. The Morgan fingerprint density at radius 1 is 1.00 bits per heavy atom. The topological polar surface area (TPSA) is 30.5 Å². The maximum atomic E-state index is 5.62. The van der Waals surface area contributed by atoms with Gasteiger partial charge in [-0.1, -0.05) is 20.8 Å². The number of hydrogen-bond donors (Lipinski definition) is 1. The number of ether oxygens (including phenoxy) is 2. The van der Waals surface area contributed by atoms with Crippen LogP contribution in [0.1, 0.15) is 33.6 Å². The molecule has 0 spiro atoms. The summed E-state index contributed by atoms with van der Waals surface area (Å²) < 4.78 is 11.0. The molecule has 0 aromatic carbocycles. The van der Waals surface area contributed by atoms with Crippen molar-refractivity contribution in [1.29, 1.82) is 0 Å². The van der Waals surface area contributed by atoms with E-state index in [-0.39, 0.29) is 0 Å². The lowest BCUT2D eigenvalue weighted by molar-refractivity contribution is 0.00809. The van der Waals surface area contributed by atoms with Gasteiger partial charge in [-0.3, -0.25) is 0 Å². The second kappa shape index (κ2) is 9.13. The fourth-order valence-corrected chi connectivity index (χ4v) is 1.17. The lowest BCUT2D eigenvalue weighted by atomic mass is 9.86. The van der Waals surface area contributed by atoms with Gasteiger partial charge in [-0.2, -0.15) is 0 Å². The predicted octanol–water partition coefficient (Wildman–Crippen LogP) is 2.07. The van der Waals surface area contributed by atoms with Crippen molar-refractivity contribution < 1.29 is 9.47 Å². The van der Waals surface area contributed by atoms with Crippen molar-refractivity contribution in [2.45, 2.75) is 33.6 Å². The Morgan fingerprint density at radius 3 is 2.13 bits per heavy atom. The molecule has 3 heteroatoms. The molecular formula is C12H27NO2. The predicted molar refractivity (Wildman–Crippen MR) is 64.3 cm³/mol. The zero-order chi connectivity index (χ0) is 11.6. The monoisotopic (exact) mass is 217 g/mol. The minimum atomic E-state index is 0.338. The maximum Gasteiger partial charge on any atom is 0.0701 e. The summed E-state index contributed by atoms with van der Waals surface area (Å²) >= 11 is 0. The van der Waals surface area contributed by atoms with Gasteiger partial charge in [-0.05, 0) is 25.3 Å². The summed E-state index contributed by atoms with van der Waals surface area (Å²) in [6.45, 7) is 10.6. The first kappa shape index (κ1) is 14.9. The Hall–Kier alpha value is -0.120. The molecule has 0 atom stereocenters. The van der Waals surface area contributed by atoms with Gasteiger partial charge in [0.15, 0.2) is 0 Å². The van der Waals surface area contributed by atoms with E-state index in [1.54, 1.807) is 0 Å². The molecule has 0 aromatic rings. The highest BCUT2D eigenvalue weighted by Crippen LogP contribution is 2.25. The van der Waals surface area contributed by atoms with E-state index in [1.807, 2.05) is 7.05 Å². The third-order valence-corrected chi connectivity index (χ3v) is 3.03. The molecule has 15 heavy (non-hydrogen) atoms. The molecule has 0 aromatic heterocycles. The summed E-state index contributed by atoms with van der Waals surface area (Å²) in [4.78, 5) is 0. The largest absolute Gasteiger partial charge is 0.378 e. The van der Waals surface area contributed by atoms with Crippen LogP contribution in [0.25, 0.3) is 0 Å². The molecule has 0 radical (unpaired) electrons. The fraction of sp³-hybridized carbons (Fsp3) is 1.00. The van der Waals surface area contributed by atoms with Gasteiger partial charge in [-0.15, -0.1) is 0 Å². The average molecular weight is 217 g/mol. The van der Waals surface area contributed by atoms with Crippen LogP contribution in [0.5, 0.6) is 0 Å². The third-order valence-electron chi connectivity index (χ3n) is 3.03. The van der Waals surface area contributed by atoms with Crippen LogP contribution in [0.3, 0.4) is 0 Å². The Morgan fingerprint density at radius 2 is 1.60 bits per heavy atom. The molecule has 0 fully saturated rings. The van der Waals surface area contributed by atoms with E-state index in [0.29, 0.717) is 18.6 Å². The fourth-order valence-electron chi connectivity index (χ4n) is 1.17. The molecule has 3 nitrogen and oxygen atoms in total. The van der Waals surface area contributed by atoms with Crippen LogP contribution in [0.2, 0.25) is 0 Å². The van der Waals surface area contributed by atoms with Gasteiger partial charge in [0.05, 0.1) is 26.4 Å². The van der Waals surface area contributed by atoms with Gasteiger partial charge in [0.1, 0.15) is 0 Å². The van der Waals surface area contributed by atoms with E-state index in [4.69, 9.17) is 9.47 Å². The Kier molecular flexibility index (Phi) is 9.06. The molecular weight excluding hydrogens is 190 g/mol. The van der Waals surface area contributed by atoms with Crippen molar-refractivity contribution in [3.05, 3.63) is 0 Å². The van der Waals surface area contributed by atoms with E-state index >= 15 is 0 Å². The molecule has 0 aliphatic heterocycles. The van der Waals surface area contributed by atoms with E-state index in [0.717, 1.165) is 19.8 Å². The number of hydrogen-bond acceptors (Lipinski definition) is 3. The van der Waals surface area contributed by atoms with Crippen molar-refractivity contribution in [2.24, 2.45) is 5.41 Å². The highest BCUT2D eigenvalue weighted by Gasteiger charge is 2.19. The molecule has 0 saturated carbocycles. The SMILES string of the molecule is CCC(C)(CC)COCCOCCNC. The normalized spacial score (nSPS) is 12.0. The maximum absolute atomic E-state index is 5.62. The first-order valence-corrected chi connectivity index (χ1v) is 5.98. The second-order valence-electron chi connectivity index (χ2n) is 4.29. The van der Waals surface area contributed by atoms with E-state index in [2.05, 4.69) is 26.1 Å². The van der Waals surface area contributed by atoms with Gasteiger partial charge >= 0.3 is 0 Å². The van der Waals surface area contributed by atoms with Crippen LogP contribution < -0.4 is 5.32 Å². The van der Waals surface area contributed by atoms with Crippen molar-refractivity contribution >= 4 is 0 Å². The number of nitrogens with one attached hydrogen (secondary N) is 1. The van der Waals surface area contributed by atoms with E-state index in [9.17, 15) is 0 Å². The molecule has 0 saturated heterocycles. The van der Waals surface area contributed by atoms with Crippen molar-refractivity contribution in [3.63, 3.8) is 0 Å². The number of rotatable bonds is 10. The molecule has 92 valence electrons. The third kappa shape index (κ3) is 7.77. The van der Waals surface area contributed by atoms with Gasteiger partial charge in [0, 0.05) is 6.54 Å². The minimum Gasteiger partial charge on any atom is -0.378 e. The quantitative estimate of drug-likeness (QED) is 0.568. The summed E-state index contributed by atoms with van der Waals surface area (Å²) in [5, 5.41) is 3.04. The smallest absolute Gasteiger partial charge is 0.0701 e. The van der Waals surface area contributed by atoms with E-state index in [1.165, 1.54) is 12.8 Å². The van der Waals surface area contributed by atoms with Crippen molar-refractivity contribution in [2.75, 3.05) is 40.0 Å². The van der Waals surface area contributed by atoms with Gasteiger partial charge in [0.25, 0.3) is 0 Å². The van der Waals surface area contributed by atoms with Crippen LogP contribution in [-0.4, -0.2) is 40.0 Å². The lowest BCUT2D eigenvalue weighted by Gasteiger charge is -2.26. The van der Waals surface area contributed by atoms with Gasteiger partial charge in [-0.25, -0.2) is 0 Å². The Labute approximate surface area is 94.5 Å². The molecule has 0 aliphatic carbocycles. The van der Waals surface area contributed by atoms with Crippen molar-refractivity contribution in [3.8, 4) is 0 Å². The summed E-state index contributed by atoms with van der Waals surface area (Å²) in [6, 6.07) is 0. The molecule has 0 rings (SSSR count). The standard InChI is InChI=1S/C12H27NO2/c1-5-12(3,6-2)11-15-10-9-14-8-7-13-4/h13H,5-11H2,1-4H3. The van der Waals surface area contributed by atoms with Crippen LogP contribution in [0.15, 0.2) is 0 Å². The zero-order valence-electron chi connectivity index (χ0n) is 10.8. The van der Waals surface area contributed by atoms with E-state index < -0.39 is 0 Å². The van der Waals surface area contributed by atoms with Crippen LogP contribution in [-0.2, 0) is 9.47 Å². The highest BCUT2D eigenvalue weighted by molar-refractivity contribution is 4.69. The summed E-state index contributed by atoms with van der Waals surface area (Å²) in [7, 11) is 1.92. The van der Waals surface area contributed by atoms with Crippen LogP contribution in [0.4, 0.5) is 0 Å². The molecule has 0 amide bonds. The molecule has 0 heterocycles. The first-order chi connectivity index (χ1) is 7.18. The highest BCUT2D eigenvalue weighted by atomic mass is 16.5. The molecule has 1 N–H and O–H groups in total. The molecule has 0 aliphatic rings. The van der Waals surface area contributed by atoms with Crippen LogP contribution in [0, 0.1) is 5.41 Å². The molecule has 0 bridgehead atoms. The average Bonchev–Trinajstić information content (AvgIpc) is 2.27. The zero-order valence-corrected chi connectivity index (χ0v) is 10.8. The summed E-state index contributed by atoms with van der Waals surface area (Å²) in [6.07, 6.45) is 2.34. The summed E-state index contributed by atoms with van der Waals surface area (Å²) in [5.74, 6) is 0. The number of likely N-dealkylation sites (N-methyl/N-ethyl adjacent to an activating group) is 1. The minimum absolute atomic E-state index is 0.338. The van der Waals surface area contributed by atoms with Crippen LogP contribution >= 0.6 is 0 Å². The van der Waals surface area contributed by atoms with Gasteiger partial charge < -0.3 is 14.8 Å². The first-order valence-electron chi connectivity index (χ1n) is 5.98. The Balaban J connectivity index is 3.29.